The van der Waals surface area contributed by atoms with Crippen LogP contribution < -0.4 is 10.1 Å². The SMILES string of the molecule is Cc1ccc(Oc2ccc(NC(=O)C(Cc3ccccc3)n3cnnn3)cc2)cc1. The summed E-state index contributed by atoms with van der Waals surface area (Å²) >= 11 is 0. The molecular weight excluding hydrogens is 378 g/mol. The molecule has 0 fully saturated rings. The van der Waals surface area contributed by atoms with E-state index in [-0.39, 0.29) is 5.91 Å². The summed E-state index contributed by atoms with van der Waals surface area (Å²) < 4.78 is 7.30. The van der Waals surface area contributed by atoms with Crippen LogP contribution in [0.2, 0.25) is 0 Å². The lowest BCUT2D eigenvalue weighted by Gasteiger charge is -2.16. The van der Waals surface area contributed by atoms with Crippen molar-refractivity contribution in [3.05, 3.63) is 96.3 Å². The van der Waals surface area contributed by atoms with Gasteiger partial charge >= 0.3 is 0 Å². The largest absolute Gasteiger partial charge is 0.457 e. The van der Waals surface area contributed by atoms with E-state index in [0.717, 1.165) is 11.3 Å². The molecular formula is C23H21N5O2. The average Bonchev–Trinajstić information content (AvgIpc) is 3.30. The maximum Gasteiger partial charge on any atom is 0.249 e. The molecule has 150 valence electrons. The lowest BCUT2D eigenvalue weighted by Crippen LogP contribution is -2.28. The second kappa shape index (κ2) is 9.00. The zero-order valence-corrected chi connectivity index (χ0v) is 16.5. The minimum atomic E-state index is -0.564. The Morgan fingerprint density at radius 1 is 0.967 bits per heavy atom. The molecule has 0 saturated heterocycles. The van der Waals surface area contributed by atoms with Gasteiger partial charge < -0.3 is 10.1 Å². The predicted octanol–water partition coefficient (Wildman–Crippen LogP) is 4.20. The molecule has 3 aromatic carbocycles. The van der Waals surface area contributed by atoms with Gasteiger partial charge in [-0.3, -0.25) is 4.79 Å². The van der Waals surface area contributed by atoms with Gasteiger partial charge in [0.05, 0.1) is 0 Å². The van der Waals surface area contributed by atoms with Crippen molar-refractivity contribution in [2.24, 2.45) is 0 Å². The lowest BCUT2D eigenvalue weighted by molar-refractivity contribution is -0.119. The molecule has 4 rings (SSSR count). The third kappa shape index (κ3) is 4.88. The van der Waals surface area contributed by atoms with Crippen molar-refractivity contribution in [3.8, 4) is 11.5 Å². The predicted molar refractivity (Wildman–Crippen MR) is 113 cm³/mol. The Kier molecular flexibility index (Phi) is 5.80. The van der Waals surface area contributed by atoms with E-state index in [0.29, 0.717) is 17.9 Å². The summed E-state index contributed by atoms with van der Waals surface area (Å²) in [6.07, 6.45) is 1.93. The van der Waals surface area contributed by atoms with Crippen LogP contribution in [0.25, 0.3) is 0 Å². The molecule has 4 aromatic rings. The van der Waals surface area contributed by atoms with Gasteiger partial charge in [-0.05, 0) is 59.3 Å². The highest BCUT2D eigenvalue weighted by Gasteiger charge is 2.22. The van der Waals surface area contributed by atoms with Gasteiger partial charge in [0.15, 0.2) is 0 Å². The number of hydrogen-bond donors (Lipinski definition) is 1. The number of anilines is 1. The standard InChI is InChI=1S/C23H21N5O2/c1-17-7-11-20(12-8-17)30-21-13-9-19(10-14-21)25-23(29)22(28-16-24-26-27-28)15-18-5-3-2-4-6-18/h2-14,16,22H,15H2,1H3,(H,25,29). The molecule has 0 aliphatic carbocycles. The Balaban J connectivity index is 1.45. The molecule has 1 unspecified atom stereocenters. The number of benzene rings is 3. The van der Waals surface area contributed by atoms with Crippen LogP contribution in [0.3, 0.4) is 0 Å². The van der Waals surface area contributed by atoms with Gasteiger partial charge in [-0.25, -0.2) is 4.68 Å². The number of rotatable bonds is 7. The number of nitrogens with zero attached hydrogens (tertiary/aromatic N) is 4. The second-order valence-corrected chi connectivity index (χ2v) is 6.92. The Bertz CT molecular complexity index is 1080. The zero-order valence-electron chi connectivity index (χ0n) is 16.5. The van der Waals surface area contributed by atoms with Crippen LogP contribution in [-0.4, -0.2) is 26.1 Å². The number of hydrogen-bond acceptors (Lipinski definition) is 5. The number of tetrazole rings is 1. The summed E-state index contributed by atoms with van der Waals surface area (Å²) in [6, 6.07) is 24.3. The van der Waals surface area contributed by atoms with Crippen molar-refractivity contribution in [2.75, 3.05) is 5.32 Å². The molecule has 0 spiro atoms. The first-order chi connectivity index (χ1) is 14.7. The van der Waals surface area contributed by atoms with Crippen molar-refractivity contribution in [2.45, 2.75) is 19.4 Å². The van der Waals surface area contributed by atoms with Crippen LogP contribution in [0, 0.1) is 6.92 Å². The van der Waals surface area contributed by atoms with E-state index in [1.54, 1.807) is 12.1 Å². The van der Waals surface area contributed by atoms with Gasteiger partial charge in [0.2, 0.25) is 5.91 Å². The maximum atomic E-state index is 13.0. The highest BCUT2D eigenvalue weighted by atomic mass is 16.5. The molecule has 1 atom stereocenters. The molecule has 0 aliphatic heterocycles. The van der Waals surface area contributed by atoms with Crippen molar-refractivity contribution >= 4 is 11.6 Å². The maximum absolute atomic E-state index is 13.0. The minimum Gasteiger partial charge on any atom is -0.457 e. The Morgan fingerprint density at radius 3 is 2.27 bits per heavy atom. The van der Waals surface area contributed by atoms with Gasteiger partial charge in [-0.1, -0.05) is 48.0 Å². The van der Waals surface area contributed by atoms with Crippen molar-refractivity contribution < 1.29 is 9.53 Å². The zero-order chi connectivity index (χ0) is 20.8. The van der Waals surface area contributed by atoms with E-state index in [1.165, 1.54) is 16.6 Å². The van der Waals surface area contributed by atoms with E-state index < -0.39 is 6.04 Å². The monoisotopic (exact) mass is 399 g/mol. The van der Waals surface area contributed by atoms with E-state index in [2.05, 4.69) is 20.8 Å². The van der Waals surface area contributed by atoms with Gasteiger partial charge in [0.25, 0.3) is 0 Å². The summed E-state index contributed by atoms with van der Waals surface area (Å²) in [5.41, 5.74) is 2.87. The number of nitrogens with one attached hydrogen (secondary N) is 1. The normalized spacial score (nSPS) is 11.6. The molecule has 30 heavy (non-hydrogen) atoms. The minimum absolute atomic E-state index is 0.196. The van der Waals surface area contributed by atoms with Crippen LogP contribution in [0.4, 0.5) is 5.69 Å². The topological polar surface area (TPSA) is 81.9 Å². The van der Waals surface area contributed by atoms with Crippen molar-refractivity contribution in [1.29, 1.82) is 0 Å². The average molecular weight is 399 g/mol. The molecule has 0 saturated carbocycles. The summed E-state index contributed by atoms with van der Waals surface area (Å²) in [4.78, 5) is 13.0. The molecule has 0 radical (unpaired) electrons. The number of carbonyl (C=O) groups is 1. The summed E-state index contributed by atoms with van der Waals surface area (Å²) in [5.74, 6) is 1.26. The smallest absolute Gasteiger partial charge is 0.249 e. The Hall–Kier alpha value is -4.00. The lowest BCUT2D eigenvalue weighted by atomic mass is 10.1. The molecule has 7 heteroatoms. The molecule has 1 N–H and O–H groups in total. The number of ether oxygens (including phenoxy) is 1. The molecule has 0 aliphatic rings. The summed E-state index contributed by atoms with van der Waals surface area (Å²) in [5, 5.41) is 14.2. The highest BCUT2D eigenvalue weighted by molar-refractivity contribution is 5.93. The molecule has 1 heterocycles. The number of aromatic nitrogens is 4. The van der Waals surface area contributed by atoms with E-state index >= 15 is 0 Å². The van der Waals surface area contributed by atoms with Crippen molar-refractivity contribution in [1.82, 2.24) is 20.2 Å². The van der Waals surface area contributed by atoms with E-state index in [1.807, 2.05) is 73.7 Å². The van der Waals surface area contributed by atoms with Crippen molar-refractivity contribution in [3.63, 3.8) is 0 Å². The van der Waals surface area contributed by atoms with Gasteiger partial charge in [-0.2, -0.15) is 0 Å². The van der Waals surface area contributed by atoms with Crippen LogP contribution in [0.1, 0.15) is 17.2 Å². The fourth-order valence-electron chi connectivity index (χ4n) is 3.03. The van der Waals surface area contributed by atoms with E-state index in [4.69, 9.17) is 4.74 Å². The Labute approximate surface area is 174 Å². The fraction of sp³-hybridized carbons (Fsp3) is 0.130. The second-order valence-electron chi connectivity index (χ2n) is 6.92. The Morgan fingerprint density at radius 2 is 1.63 bits per heavy atom. The molecule has 1 amide bonds. The van der Waals surface area contributed by atoms with Gasteiger partial charge in [0.1, 0.15) is 23.9 Å². The first-order valence-corrected chi connectivity index (χ1v) is 9.59. The van der Waals surface area contributed by atoms with Crippen LogP contribution in [0.5, 0.6) is 11.5 Å². The molecule has 0 bridgehead atoms. The highest BCUT2D eigenvalue weighted by Crippen LogP contribution is 2.24. The quantitative estimate of drug-likeness (QED) is 0.504. The van der Waals surface area contributed by atoms with Crippen LogP contribution >= 0.6 is 0 Å². The summed E-state index contributed by atoms with van der Waals surface area (Å²) in [6.45, 7) is 2.03. The van der Waals surface area contributed by atoms with Crippen LogP contribution in [0.15, 0.2) is 85.2 Å². The fourth-order valence-corrected chi connectivity index (χ4v) is 3.03. The van der Waals surface area contributed by atoms with Crippen LogP contribution in [-0.2, 0) is 11.2 Å². The number of aryl methyl sites for hydroxylation is 1. The molecule has 1 aromatic heterocycles. The van der Waals surface area contributed by atoms with Gasteiger partial charge in [0, 0.05) is 12.1 Å². The summed E-state index contributed by atoms with van der Waals surface area (Å²) in [7, 11) is 0. The third-order valence-corrected chi connectivity index (χ3v) is 4.64. The number of carbonyl (C=O) groups excluding carboxylic acids is 1. The molecule has 7 nitrogen and oxygen atoms in total. The third-order valence-electron chi connectivity index (χ3n) is 4.64. The first kappa shape index (κ1) is 19.3. The van der Waals surface area contributed by atoms with E-state index in [9.17, 15) is 4.79 Å². The first-order valence-electron chi connectivity index (χ1n) is 9.59. The van der Waals surface area contributed by atoms with Gasteiger partial charge in [-0.15, -0.1) is 5.10 Å². The number of amides is 1.